The number of likely N-dealkylation sites (N-methyl/N-ethyl adjacent to an activating group) is 1. The molecule has 8 heteroatoms. The molecule has 7 nitrogen and oxygen atoms in total. The van der Waals surface area contributed by atoms with E-state index in [9.17, 15) is 14.4 Å². The van der Waals surface area contributed by atoms with E-state index in [1.54, 1.807) is 25.6 Å². The van der Waals surface area contributed by atoms with Crippen LogP contribution < -0.4 is 5.56 Å². The van der Waals surface area contributed by atoms with Gasteiger partial charge in [0.25, 0.3) is 11.5 Å². The molecule has 0 fully saturated rings. The highest BCUT2D eigenvalue weighted by Crippen LogP contribution is 2.29. The van der Waals surface area contributed by atoms with Crippen molar-refractivity contribution in [3.63, 3.8) is 0 Å². The van der Waals surface area contributed by atoms with E-state index >= 15 is 0 Å². The zero-order chi connectivity index (χ0) is 17.6. The lowest BCUT2D eigenvalue weighted by molar-refractivity contribution is -0.137. The number of rotatable bonds is 3. The van der Waals surface area contributed by atoms with Gasteiger partial charge in [-0.25, -0.2) is 9.78 Å². The second kappa shape index (κ2) is 6.01. The summed E-state index contributed by atoms with van der Waals surface area (Å²) in [5, 5.41) is 0.476. The number of carbonyl (C=O) groups excluding carboxylic acids is 2. The Labute approximate surface area is 142 Å². The number of hydrogen-bond acceptors (Lipinski definition) is 6. The fraction of sp³-hybridized carbons (Fsp3) is 0.500. The standard InChI is InChI=1S/C16H19N3O4S/c1-8-11-13(17-10-6-5-7-19(10)15(11)21)24-12(8)16(22)23-9(2)14(20)18(3)4/h9H,5-7H2,1-4H3/t9-/m0/s1. The van der Waals surface area contributed by atoms with E-state index in [-0.39, 0.29) is 11.5 Å². The molecule has 0 N–H and O–H groups in total. The number of nitrogens with zero attached hydrogens (tertiary/aromatic N) is 3. The van der Waals surface area contributed by atoms with Crippen LogP contribution in [0.25, 0.3) is 10.2 Å². The first-order valence-electron chi connectivity index (χ1n) is 7.76. The number of amides is 1. The number of aryl methyl sites for hydroxylation is 2. The maximum atomic E-state index is 12.6. The van der Waals surface area contributed by atoms with Gasteiger partial charge < -0.3 is 9.64 Å². The average molecular weight is 349 g/mol. The van der Waals surface area contributed by atoms with Gasteiger partial charge in [-0.05, 0) is 25.8 Å². The van der Waals surface area contributed by atoms with E-state index in [0.29, 0.717) is 27.2 Å². The molecule has 0 spiro atoms. The average Bonchev–Trinajstić information content (AvgIpc) is 3.11. The van der Waals surface area contributed by atoms with E-state index in [4.69, 9.17) is 4.74 Å². The third-order valence-corrected chi connectivity index (χ3v) is 5.33. The van der Waals surface area contributed by atoms with Crippen LogP contribution in [0.3, 0.4) is 0 Å². The van der Waals surface area contributed by atoms with E-state index in [2.05, 4.69) is 4.98 Å². The van der Waals surface area contributed by atoms with Crippen molar-refractivity contribution in [3.05, 3.63) is 26.6 Å². The van der Waals surface area contributed by atoms with Gasteiger partial charge in [-0.3, -0.25) is 14.2 Å². The Morgan fingerprint density at radius 3 is 2.75 bits per heavy atom. The zero-order valence-electron chi connectivity index (χ0n) is 14.1. The molecule has 0 bridgehead atoms. The normalized spacial score (nSPS) is 14.5. The van der Waals surface area contributed by atoms with Crippen LogP contribution >= 0.6 is 11.3 Å². The third kappa shape index (κ3) is 2.60. The minimum atomic E-state index is -0.879. The molecule has 2 aromatic rings. The summed E-state index contributed by atoms with van der Waals surface area (Å²) in [5.41, 5.74) is 0.474. The van der Waals surface area contributed by atoms with Gasteiger partial charge in [0.05, 0.1) is 5.39 Å². The Kier molecular flexibility index (Phi) is 4.16. The fourth-order valence-corrected chi connectivity index (χ4v) is 3.97. The second-order valence-corrected chi connectivity index (χ2v) is 7.10. The molecule has 0 aliphatic carbocycles. The maximum Gasteiger partial charge on any atom is 0.349 e. The lowest BCUT2D eigenvalue weighted by Crippen LogP contribution is -2.34. The van der Waals surface area contributed by atoms with Crippen LogP contribution in [0.4, 0.5) is 0 Å². The molecule has 24 heavy (non-hydrogen) atoms. The van der Waals surface area contributed by atoms with Crippen molar-refractivity contribution < 1.29 is 14.3 Å². The summed E-state index contributed by atoms with van der Waals surface area (Å²) in [6, 6.07) is 0. The molecule has 1 aliphatic rings. The van der Waals surface area contributed by atoms with Gasteiger partial charge >= 0.3 is 5.97 Å². The molecule has 0 saturated heterocycles. The van der Waals surface area contributed by atoms with Crippen LogP contribution in [0.15, 0.2) is 4.79 Å². The van der Waals surface area contributed by atoms with E-state index in [1.807, 2.05) is 0 Å². The summed E-state index contributed by atoms with van der Waals surface area (Å²) in [6.07, 6.45) is 0.810. The minimum absolute atomic E-state index is 0.0993. The minimum Gasteiger partial charge on any atom is -0.448 e. The van der Waals surface area contributed by atoms with Crippen molar-refractivity contribution >= 4 is 33.4 Å². The maximum absolute atomic E-state index is 12.6. The first kappa shape index (κ1) is 16.6. The molecule has 0 unspecified atom stereocenters. The molecule has 2 aromatic heterocycles. The number of ether oxygens (including phenoxy) is 1. The second-order valence-electron chi connectivity index (χ2n) is 6.10. The summed E-state index contributed by atoms with van der Waals surface area (Å²) in [7, 11) is 3.20. The number of esters is 1. The van der Waals surface area contributed by atoms with Crippen molar-refractivity contribution in [2.45, 2.75) is 39.3 Å². The Morgan fingerprint density at radius 1 is 1.38 bits per heavy atom. The van der Waals surface area contributed by atoms with E-state index in [1.165, 1.54) is 11.8 Å². The van der Waals surface area contributed by atoms with Gasteiger partial charge in [-0.1, -0.05) is 0 Å². The molecule has 1 atom stereocenters. The van der Waals surface area contributed by atoms with Crippen LogP contribution in [0, 0.1) is 6.92 Å². The Hall–Kier alpha value is -2.22. The van der Waals surface area contributed by atoms with E-state index in [0.717, 1.165) is 30.0 Å². The highest BCUT2D eigenvalue weighted by atomic mass is 32.1. The Bertz CT molecular complexity index is 897. The summed E-state index contributed by atoms with van der Waals surface area (Å²) in [6.45, 7) is 3.92. The summed E-state index contributed by atoms with van der Waals surface area (Å²) >= 11 is 1.15. The summed E-state index contributed by atoms with van der Waals surface area (Å²) in [4.78, 5) is 43.7. The van der Waals surface area contributed by atoms with Crippen molar-refractivity contribution in [1.29, 1.82) is 0 Å². The number of thiophene rings is 1. The molecule has 1 aliphatic heterocycles. The van der Waals surface area contributed by atoms with Gasteiger partial charge in [0.15, 0.2) is 6.10 Å². The molecule has 1 amide bonds. The number of hydrogen-bond donors (Lipinski definition) is 0. The monoisotopic (exact) mass is 349 g/mol. The number of aromatic nitrogens is 2. The quantitative estimate of drug-likeness (QED) is 0.781. The highest BCUT2D eigenvalue weighted by Gasteiger charge is 2.26. The predicted octanol–water partition coefficient (Wildman–Crippen LogP) is 1.35. The number of carbonyl (C=O) groups is 2. The third-order valence-electron chi connectivity index (χ3n) is 4.17. The Balaban J connectivity index is 1.98. The SMILES string of the molecule is Cc1c(C(=O)O[C@@H](C)C(=O)N(C)C)sc2nc3n(c(=O)c12)CCC3. The number of fused-ring (bicyclic) bond motifs is 2. The fourth-order valence-electron chi connectivity index (χ4n) is 2.90. The van der Waals surface area contributed by atoms with Crippen molar-refractivity contribution in [3.8, 4) is 0 Å². The van der Waals surface area contributed by atoms with Crippen LogP contribution in [-0.4, -0.2) is 46.5 Å². The van der Waals surface area contributed by atoms with Gasteiger partial charge in [0.2, 0.25) is 0 Å². The first-order valence-corrected chi connectivity index (χ1v) is 8.58. The highest BCUT2D eigenvalue weighted by molar-refractivity contribution is 7.20. The van der Waals surface area contributed by atoms with Crippen LogP contribution in [-0.2, 0) is 22.5 Å². The molecule has 3 heterocycles. The van der Waals surface area contributed by atoms with Gasteiger partial charge in [0.1, 0.15) is 15.5 Å². The summed E-state index contributed by atoms with van der Waals surface area (Å²) in [5.74, 6) is -0.119. The topological polar surface area (TPSA) is 81.5 Å². The molecule has 128 valence electrons. The molecular weight excluding hydrogens is 330 g/mol. The van der Waals surface area contributed by atoms with Gasteiger partial charge in [0, 0.05) is 27.1 Å². The molecular formula is C16H19N3O4S. The van der Waals surface area contributed by atoms with Crippen LogP contribution in [0.2, 0.25) is 0 Å². The van der Waals surface area contributed by atoms with Crippen molar-refractivity contribution in [2.24, 2.45) is 0 Å². The lowest BCUT2D eigenvalue weighted by atomic mass is 10.2. The molecule has 0 radical (unpaired) electrons. The lowest BCUT2D eigenvalue weighted by Gasteiger charge is -2.16. The largest absolute Gasteiger partial charge is 0.448 e. The predicted molar refractivity (Wildman–Crippen MR) is 90.5 cm³/mol. The van der Waals surface area contributed by atoms with Crippen molar-refractivity contribution in [1.82, 2.24) is 14.5 Å². The summed E-state index contributed by atoms with van der Waals surface area (Å²) < 4.78 is 6.93. The van der Waals surface area contributed by atoms with Crippen LogP contribution in [0.1, 0.15) is 34.4 Å². The molecule has 3 rings (SSSR count). The Morgan fingerprint density at radius 2 is 2.08 bits per heavy atom. The van der Waals surface area contributed by atoms with E-state index < -0.39 is 12.1 Å². The van der Waals surface area contributed by atoms with Gasteiger partial charge in [-0.2, -0.15) is 0 Å². The van der Waals surface area contributed by atoms with Gasteiger partial charge in [-0.15, -0.1) is 11.3 Å². The van der Waals surface area contributed by atoms with Crippen LogP contribution in [0.5, 0.6) is 0 Å². The molecule has 0 saturated carbocycles. The molecule has 0 aromatic carbocycles. The first-order chi connectivity index (χ1) is 11.3. The smallest absolute Gasteiger partial charge is 0.349 e. The zero-order valence-corrected chi connectivity index (χ0v) is 14.9. The van der Waals surface area contributed by atoms with Crippen molar-refractivity contribution in [2.75, 3.05) is 14.1 Å².